The molecule has 0 spiro atoms. The largest absolute Gasteiger partial charge is 0.382 e. The van der Waals surface area contributed by atoms with Crippen LogP contribution in [0.4, 0.5) is 5.69 Å². The van der Waals surface area contributed by atoms with Gasteiger partial charge in [0, 0.05) is 36.2 Å². The molecule has 0 saturated heterocycles. The van der Waals surface area contributed by atoms with E-state index in [4.69, 9.17) is 0 Å². The minimum atomic E-state index is 0.546. The molecule has 0 unspecified atom stereocenters. The van der Waals surface area contributed by atoms with Gasteiger partial charge in [-0.15, -0.1) is 0 Å². The maximum absolute atomic E-state index is 3.43. The summed E-state index contributed by atoms with van der Waals surface area (Å²) >= 11 is 0. The Bertz CT molecular complexity index is 445. The lowest BCUT2D eigenvalue weighted by Crippen LogP contribution is -2.28. The fourth-order valence-corrected chi connectivity index (χ4v) is 1.78. The van der Waals surface area contributed by atoms with Gasteiger partial charge in [-0.05, 0) is 6.07 Å². The number of aromatic nitrogens is 1. The summed E-state index contributed by atoms with van der Waals surface area (Å²) in [6, 6.07) is 8.87. The van der Waals surface area contributed by atoms with E-state index in [1.165, 1.54) is 16.6 Å². The predicted octanol–water partition coefficient (Wildman–Crippen LogP) is 2.58. The predicted molar refractivity (Wildman–Crippen MR) is 69.9 cm³/mol. The zero-order valence-corrected chi connectivity index (χ0v) is 9.88. The van der Waals surface area contributed by atoms with Gasteiger partial charge in [0.25, 0.3) is 0 Å². The van der Waals surface area contributed by atoms with Crippen molar-refractivity contribution in [1.82, 2.24) is 10.3 Å². The lowest BCUT2D eigenvalue weighted by atomic mass is 10.2. The number of anilines is 1. The summed E-state index contributed by atoms with van der Waals surface area (Å²) in [5.41, 5.74) is 2.36. The molecule has 2 rings (SSSR count). The van der Waals surface area contributed by atoms with Crippen molar-refractivity contribution < 1.29 is 0 Å². The summed E-state index contributed by atoms with van der Waals surface area (Å²) in [5.74, 6) is 0. The molecule has 0 atom stereocenters. The Morgan fingerprint density at radius 3 is 2.81 bits per heavy atom. The normalized spacial score (nSPS) is 11.2. The third-order valence-corrected chi connectivity index (χ3v) is 2.58. The Kier molecular flexibility index (Phi) is 3.47. The van der Waals surface area contributed by atoms with Crippen LogP contribution >= 0.6 is 0 Å². The lowest BCUT2D eigenvalue weighted by Gasteiger charge is -2.09. The second kappa shape index (κ2) is 5.03. The van der Waals surface area contributed by atoms with Crippen LogP contribution in [0, 0.1) is 0 Å². The number of nitrogens with one attached hydrogen (secondary N) is 3. The van der Waals surface area contributed by atoms with Crippen LogP contribution in [0.3, 0.4) is 0 Å². The Hall–Kier alpha value is -1.48. The van der Waals surface area contributed by atoms with Crippen LogP contribution in [0.2, 0.25) is 0 Å². The fourth-order valence-electron chi connectivity index (χ4n) is 1.78. The summed E-state index contributed by atoms with van der Waals surface area (Å²) in [7, 11) is 0. The Morgan fingerprint density at radius 2 is 2.00 bits per heavy atom. The van der Waals surface area contributed by atoms with Gasteiger partial charge in [-0.2, -0.15) is 0 Å². The van der Waals surface area contributed by atoms with E-state index < -0.39 is 0 Å². The Balaban J connectivity index is 1.94. The van der Waals surface area contributed by atoms with E-state index in [-0.39, 0.29) is 0 Å². The zero-order valence-electron chi connectivity index (χ0n) is 9.88. The van der Waals surface area contributed by atoms with Crippen LogP contribution in [0.15, 0.2) is 30.5 Å². The number of benzene rings is 1. The van der Waals surface area contributed by atoms with Gasteiger partial charge in [0.1, 0.15) is 0 Å². The smallest absolute Gasteiger partial charge is 0.0598 e. The summed E-state index contributed by atoms with van der Waals surface area (Å²) < 4.78 is 0. The third-order valence-electron chi connectivity index (χ3n) is 2.58. The highest BCUT2D eigenvalue weighted by Crippen LogP contribution is 2.21. The van der Waals surface area contributed by atoms with Crippen molar-refractivity contribution in [2.45, 2.75) is 19.9 Å². The SMILES string of the molecule is CC(C)NCCNc1c[nH]c2ccccc12. The van der Waals surface area contributed by atoms with Gasteiger partial charge in [-0.1, -0.05) is 32.0 Å². The van der Waals surface area contributed by atoms with E-state index in [9.17, 15) is 0 Å². The average molecular weight is 217 g/mol. The van der Waals surface area contributed by atoms with E-state index in [0.29, 0.717) is 6.04 Å². The first-order valence-electron chi connectivity index (χ1n) is 5.81. The van der Waals surface area contributed by atoms with Crippen molar-refractivity contribution >= 4 is 16.6 Å². The Morgan fingerprint density at radius 1 is 1.19 bits per heavy atom. The molecule has 0 amide bonds. The average Bonchev–Trinajstić information content (AvgIpc) is 2.68. The maximum Gasteiger partial charge on any atom is 0.0598 e. The molecule has 0 fully saturated rings. The van der Waals surface area contributed by atoms with Crippen molar-refractivity contribution in [3.05, 3.63) is 30.5 Å². The molecule has 1 aromatic carbocycles. The van der Waals surface area contributed by atoms with Crippen molar-refractivity contribution in [3.8, 4) is 0 Å². The monoisotopic (exact) mass is 217 g/mol. The van der Waals surface area contributed by atoms with Gasteiger partial charge in [-0.25, -0.2) is 0 Å². The van der Waals surface area contributed by atoms with Gasteiger partial charge in [0.2, 0.25) is 0 Å². The standard InChI is InChI=1S/C13H19N3/c1-10(2)14-7-8-15-13-9-16-12-6-4-3-5-11(12)13/h3-6,9-10,14-16H,7-8H2,1-2H3. The second-order valence-electron chi connectivity index (χ2n) is 4.28. The minimum Gasteiger partial charge on any atom is -0.382 e. The van der Waals surface area contributed by atoms with Gasteiger partial charge in [-0.3, -0.25) is 0 Å². The third kappa shape index (κ3) is 2.55. The fraction of sp³-hybridized carbons (Fsp3) is 0.385. The maximum atomic E-state index is 3.43. The molecule has 0 aliphatic rings. The van der Waals surface area contributed by atoms with Gasteiger partial charge in [0.05, 0.1) is 5.69 Å². The quantitative estimate of drug-likeness (QED) is 0.674. The van der Waals surface area contributed by atoms with E-state index >= 15 is 0 Å². The van der Waals surface area contributed by atoms with Crippen LogP contribution in [0.25, 0.3) is 10.9 Å². The molecule has 1 aromatic heterocycles. The van der Waals surface area contributed by atoms with Crippen molar-refractivity contribution in [2.75, 3.05) is 18.4 Å². The lowest BCUT2D eigenvalue weighted by molar-refractivity contribution is 0.602. The number of aromatic amines is 1. The van der Waals surface area contributed by atoms with Crippen molar-refractivity contribution in [3.63, 3.8) is 0 Å². The first-order valence-corrected chi connectivity index (χ1v) is 5.81. The first-order chi connectivity index (χ1) is 7.77. The summed E-state index contributed by atoms with van der Waals surface area (Å²) in [4.78, 5) is 3.25. The van der Waals surface area contributed by atoms with Gasteiger partial charge >= 0.3 is 0 Å². The van der Waals surface area contributed by atoms with Crippen LogP contribution in [0.1, 0.15) is 13.8 Å². The molecule has 0 saturated carbocycles. The molecule has 1 heterocycles. The molecule has 2 aromatic rings. The van der Waals surface area contributed by atoms with Crippen molar-refractivity contribution in [1.29, 1.82) is 0 Å². The van der Waals surface area contributed by atoms with Crippen molar-refractivity contribution in [2.24, 2.45) is 0 Å². The molecule has 0 radical (unpaired) electrons. The number of hydrogen-bond donors (Lipinski definition) is 3. The highest BCUT2D eigenvalue weighted by Gasteiger charge is 2.01. The second-order valence-corrected chi connectivity index (χ2v) is 4.28. The molecular formula is C13H19N3. The summed E-state index contributed by atoms with van der Waals surface area (Å²) in [6.45, 7) is 6.24. The Labute approximate surface area is 96.2 Å². The number of rotatable bonds is 5. The summed E-state index contributed by atoms with van der Waals surface area (Å²) in [6.07, 6.45) is 2.03. The molecule has 3 heteroatoms. The molecule has 16 heavy (non-hydrogen) atoms. The first kappa shape index (κ1) is 11.0. The molecule has 86 valence electrons. The number of para-hydroxylation sites is 1. The van der Waals surface area contributed by atoms with E-state index in [1.807, 2.05) is 12.3 Å². The van der Waals surface area contributed by atoms with Gasteiger partial charge in [0.15, 0.2) is 0 Å². The molecule has 0 aliphatic heterocycles. The van der Waals surface area contributed by atoms with Crippen LogP contribution in [0.5, 0.6) is 0 Å². The highest BCUT2D eigenvalue weighted by atomic mass is 15.0. The number of fused-ring (bicyclic) bond motifs is 1. The van der Waals surface area contributed by atoms with Crippen LogP contribution in [-0.4, -0.2) is 24.1 Å². The van der Waals surface area contributed by atoms with E-state index in [2.05, 4.69) is 47.7 Å². The highest BCUT2D eigenvalue weighted by molar-refractivity contribution is 5.92. The molecule has 0 aliphatic carbocycles. The molecular weight excluding hydrogens is 198 g/mol. The number of H-pyrrole nitrogens is 1. The van der Waals surface area contributed by atoms with E-state index in [0.717, 1.165) is 13.1 Å². The molecule has 3 N–H and O–H groups in total. The van der Waals surface area contributed by atoms with Gasteiger partial charge < -0.3 is 15.6 Å². The molecule has 3 nitrogen and oxygen atoms in total. The minimum absolute atomic E-state index is 0.546. The number of hydrogen-bond acceptors (Lipinski definition) is 2. The topological polar surface area (TPSA) is 39.8 Å². The summed E-state index contributed by atoms with van der Waals surface area (Å²) in [5, 5.41) is 8.07. The van der Waals surface area contributed by atoms with E-state index in [1.54, 1.807) is 0 Å². The zero-order chi connectivity index (χ0) is 11.4. The molecule has 0 bridgehead atoms. The van der Waals surface area contributed by atoms with Crippen LogP contribution in [-0.2, 0) is 0 Å². The van der Waals surface area contributed by atoms with Crippen LogP contribution < -0.4 is 10.6 Å².